The molecule has 1 aromatic carbocycles. The first-order chi connectivity index (χ1) is 15.3. The summed E-state index contributed by atoms with van der Waals surface area (Å²) in [5, 5.41) is 20.1. The minimum Gasteiger partial charge on any atom is -0.507 e. The fourth-order valence-corrected chi connectivity index (χ4v) is 5.84. The van der Waals surface area contributed by atoms with Crippen LogP contribution in [0, 0.1) is 17.8 Å². The van der Waals surface area contributed by atoms with Crippen LogP contribution in [-0.2, 0) is 14.3 Å². The van der Waals surface area contributed by atoms with Crippen molar-refractivity contribution in [1.29, 1.82) is 0 Å². The number of fused-ring (bicyclic) bond motifs is 3. The van der Waals surface area contributed by atoms with Crippen LogP contribution in [0.1, 0.15) is 45.1 Å². The standard InChI is InChI=1S/C25H30BrNO5/c1-3-8-27-24(30)18-11-16(12-28)22-19(23(18)25(27)31)13-32-21(22)7-4-14(2)9-15-10-17(26)5-6-20(15)29/h5-6,9-10,18-19,21,23,28-29H,3-4,7-8,11-13H2,1-2H3/b14-9+/t18-,19+,21-,23-/m1/s1. The van der Waals surface area contributed by atoms with Gasteiger partial charge < -0.3 is 14.9 Å². The highest BCUT2D eigenvalue weighted by Crippen LogP contribution is 2.49. The fraction of sp³-hybridized carbons (Fsp3) is 0.520. The van der Waals surface area contributed by atoms with Gasteiger partial charge >= 0.3 is 0 Å². The number of halogens is 1. The number of carbonyl (C=O) groups is 2. The van der Waals surface area contributed by atoms with Gasteiger partial charge in [0.15, 0.2) is 0 Å². The number of benzene rings is 1. The molecule has 2 saturated heterocycles. The van der Waals surface area contributed by atoms with Gasteiger partial charge in [-0.05, 0) is 62.0 Å². The molecule has 0 spiro atoms. The van der Waals surface area contributed by atoms with Crippen molar-refractivity contribution in [1.82, 2.24) is 4.90 Å². The fourth-order valence-electron chi connectivity index (χ4n) is 5.47. The van der Waals surface area contributed by atoms with Crippen molar-refractivity contribution in [2.45, 2.75) is 45.6 Å². The summed E-state index contributed by atoms with van der Waals surface area (Å²) >= 11 is 3.43. The number of phenols is 1. The first kappa shape index (κ1) is 23.2. The Morgan fingerprint density at radius 2 is 2.06 bits per heavy atom. The van der Waals surface area contributed by atoms with E-state index in [1.165, 1.54) is 4.90 Å². The third-order valence-corrected chi connectivity index (χ3v) is 7.42. The molecule has 0 bridgehead atoms. The number of ether oxygens (including phenoxy) is 1. The number of phenolic OH excluding ortho intramolecular Hbond substituents is 1. The number of hydrogen-bond acceptors (Lipinski definition) is 5. The van der Waals surface area contributed by atoms with Crippen molar-refractivity contribution in [3.05, 3.63) is 45.0 Å². The zero-order valence-electron chi connectivity index (χ0n) is 18.5. The van der Waals surface area contributed by atoms with E-state index < -0.39 is 0 Å². The molecule has 0 unspecified atom stereocenters. The van der Waals surface area contributed by atoms with Gasteiger partial charge in [0, 0.05) is 22.5 Å². The van der Waals surface area contributed by atoms with Gasteiger partial charge in [0.1, 0.15) is 5.75 Å². The number of carbonyl (C=O) groups excluding carboxylic acids is 2. The van der Waals surface area contributed by atoms with Crippen LogP contribution in [0.5, 0.6) is 5.75 Å². The van der Waals surface area contributed by atoms with Gasteiger partial charge in [-0.15, -0.1) is 0 Å². The lowest BCUT2D eigenvalue weighted by molar-refractivity contribution is -0.140. The third-order valence-electron chi connectivity index (χ3n) is 6.93. The number of rotatable bonds is 7. The predicted octanol–water partition coefficient (Wildman–Crippen LogP) is 4.06. The zero-order chi connectivity index (χ0) is 23.0. The van der Waals surface area contributed by atoms with Crippen LogP contribution in [0.15, 0.2) is 39.4 Å². The van der Waals surface area contributed by atoms with Crippen molar-refractivity contribution >= 4 is 33.8 Å². The Balaban J connectivity index is 1.51. The summed E-state index contributed by atoms with van der Waals surface area (Å²) < 4.78 is 7.03. The molecule has 32 heavy (non-hydrogen) atoms. The quantitative estimate of drug-likeness (QED) is 0.432. The second-order valence-electron chi connectivity index (χ2n) is 9.04. The maximum Gasteiger partial charge on any atom is 0.233 e. The van der Waals surface area contributed by atoms with Crippen molar-refractivity contribution in [3.63, 3.8) is 0 Å². The molecule has 2 amide bonds. The van der Waals surface area contributed by atoms with E-state index in [0.717, 1.165) is 46.0 Å². The van der Waals surface area contributed by atoms with Gasteiger partial charge in [-0.2, -0.15) is 0 Å². The number of likely N-dealkylation sites (tertiary alicyclic amines) is 1. The Morgan fingerprint density at radius 3 is 2.78 bits per heavy atom. The number of hydrogen-bond donors (Lipinski definition) is 2. The summed E-state index contributed by atoms with van der Waals surface area (Å²) in [4.78, 5) is 27.3. The number of aliphatic hydroxyl groups is 1. The van der Waals surface area contributed by atoms with Gasteiger partial charge in [-0.1, -0.05) is 34.5 Å². The van der Waals surface area contributed by atoms with E-state index in [1.807, 2.05) is 26.0 Å². The molecule has 3 aliphatic rings. The molecule has 4 rings (SSSR count). The normalized spacial score (nSPS) is 27.9. The highest BCUT2D eigenvalue weighted by molar-refractivity contribution is 9.10. The highest BCUT2D eigenvalue weighted by Gasteiger charge is 2.56. The second-order valence-corrected chi connectivity index (χ2v) is 9.96. The molecule has 1 aliphatic carbocycles. The number of amides is 2. The van der Waals surface area contributed by atoms with Crippen LogP contribution in [0.25, 0.3) is 6.08 Å². The van der Waals surface area contributed by atoms with Gasteiger partial charge in [0.25, 0.3) is 0 Å². The van der Waals surface area contributed by atoms with E-state index in [1.54, 1.807) is 12.1 Å². The molecule has 7 heteroatoms. The van der Waals surface area contributed by atoms with E-state index in [2.05, 4.69) is 15.9 Å². The van der Waals surface area contributed by atoms with Gasteiger partial charge in [-0.25, -0.2) is 0 Å². The predicted molar refractivity (Wildman–Crippen MR) is 125 cm³/mol. The Hall–Kier alpha value is -1.96. The number of nitrogens with zero attached hydrogens (tertiary/aromatic N) is 1. The first-order valence-corrected chi connectivity index (χ1v) is 12.1. The lowest BCUT2D eigenvalue weighted by Crippen LogP contribution is -2.35. The molecule has 4 atom stereocenters. The molecule has 0 saturated carbocycles. The lowest BCUT2D eigenvalue weighted by atomic mass is 9.69. The van der Waals surface area contributed by atoms with Crippen molar-refractivity contribution in [2.24, 2.45) is 17.8 Å². The molecule has 2 fully saturated rings. The van der Waals surface area contributed by atoms with Gasteiger partial charge in [0.05, 0.1) is 31.2 Å². The molecule has 1 aromatic rings. The summed E-state index contributed by atoms with van der Waals surface area (Å²) in [6.07, 6.45) is 4.47. The molecular weight excluding hydrogens is 474 g/mol. The van der Waals surface area contributed by atoms with Crippen LogP contribution in [0.3, 0.4) is 0 Å². The number of imide groups is 1. The average Bonchev–Trinajstić information content (AvgIpc) is 3.29. The maximum atomic E-state index is 13.0. The minimum atomic E-state index is -0.367. The summed E-state index contributed by atoms with van der Waals surface area (Å²) in [7, 11) is 0. The molecule has 2 aliphatic heterocycles. The molecule has 2 N–H and O–H groups in total. The SMILES string of the molecule is CCCN1C(=O)[C@@H]2[C@@H](CC(CO)=C3[C@@H](CC/C(C)=C/c4cc(Br)ccc4O)OC[C@@H]32)C1=O. The summed E-state index contributed by atoms with van der Waals surface area (Å²) in [6.45, 7) is 4.75. The van der Waals surface area contributed by atoms with Crippen LogP contribution in [0.2, 0.25) is 0 Å². The smallest absolute Gasteiger partial charge is 0.233 e. The van der Waals surface area contributed by atoms with E-state index in [9.17, 15) is 19.8 Å². The van der Waals surface area contributed by atoms with E-state index >= 15 is 0 Å². The Morgan fingerprint density at radius 1 is 1.28 bits per heavy atom. The topological polar surface area (TPSA) is 87.1 Å². The molecular formula is C25H30BrNO5. The zero-order valence-corrected chi connectivity index (χ0v) is 20.1. The lowest BCUT2D eigenvalue weighted by Gasteiger charge is -2.31. The van der Waals surface area contributed by atoms with Crippen LogP contribution >= 0.6 is 15.9 Å². The summed E-state index contributed by atoms with van der Waals surface area (Å²) in [6, 6.07) is 5.33. The average molecular weight is 504 g/mol. The van der Waals surface area contributed by atoms with Crippen LogP contribution in [0.4, 0.5) is 0 Å². The largest absolute Gasteiger partial charge is 0.507 e. The second kappa shape index (κ2) is 9.49. The molecule has 172 valence electrons. The van der Waals surface area contributed by atoms with Crippen molar-refractivity contribution in [2.75, 3.05) is 19.8 Å². The van der Waals surface area contributed by atoms with Gasteiger partial charge in [-0.3, -0.25) is 14.5 Å². The number of aromatic hydroxyl groups is 1. The Kier molecular flexibility index (Phi) is 6.89. The van der Waals surface area contributed by atoms with E-state index in [0.29, 0.717) is 19.6 Å². The number of aliphatic hydroxyl groups excluding tert-OH is 1. The highest BCUT2D eigenvalue weighted by atomic mass is 79.9. The van der Waals surface area contributed by atoms with Crippen molar-refractivity contribution < 1.29 is 24.5 Å². The Labute approximate surface area is 197 Å². The summed E-state index contributed by atoms with van der Waals surface area (Å²) in [5.74, 6) is -0.797. The minimum absolute atomic E-state index is 0.0770. The first-order valence-electron chi connectivity index (χ1n) is 11.3. The third kappa shape index (κ3) is 4.18. The van der Waals surface area contributed by atoms with Crippen molar-refractivity contribution in [3.8, 4) is 5.75 Å². The summed E-state index contributed by atoms with van der Waals surface area (Å²) in [5.41, 5.74) is 3.76. The van der Waals surface area contributed by atoms with E-state index in [-0.39, 0.29) is 48.0 Å². The van der Waals surface area contributed by atoms with Crippen LogP contribution < -0.4 is 0 Å². The van der Waals surface area contributed by atoms with E-state index in [4.69, 9.17) is 4.74 Å². The number of allylic oxidation sites excluding steroid dienone is 1. The van der Waals surface area contributed by atoms with Gasteiger partial charge in [0.2, 0.25) is 11.8 Å². The maximum absolute atomic E-state index is 13.0. The molecule has 2 heterocycles. The molecule has 0 aromatic heterocycles. The molecule has 6 nitrogen and oxygen atoms in total. The molecule has 0 radical (unpaired) electrons. The van der Waals surface area contributed by atoms with Crippen LogP contribution in [-0.4, -0.2) is 52.8 Å². The Bertz CT molecular complexity index is 985. The monoisotopic (exact) mass is 503 g/mol.